The van der Waals surface area contributed by atoms with Crippen molar-refractivity contribution in [1.82, 2.24) is 10.6 Å². The minimum Gasteiger partial charge on any atom is -0.507 e. The number of phenolic OH excluding ortho intramolecular Hbond substituents is 1. The summed E-state index contributed by atoms with van der Waals surface area (Å²) < 4.78 is 12.8. The highest BCUT2D eigenvalue weighted by Crippen LogP contribution is 2.42. The topological polar surface area (TPSA) is 131 Å². The highest BCUT2D eigenvalue weighted by molar-refractivity contribution is 6.77. The second-order valence-corrected chi connectivity index (χ2v) is 21.4. The van der Waals surface area contributed by atoms with Crippen LogP contribution in [0.5, 0.6) is 5.75 Å². The predicted octanol–water partition coefficient (Wildman–Crippen LogP) is 10.1. The molecular formula is C49H64N2O7Si. The third kappa shape index (κ3) is 15.4. The average molecular weight is 821 g/mol. The molecule has 0 heterocycles. The molecule has 2 amide bonds. The molecule has 0 saturated heterocycles. The zero-order chi connectivity index (χ0) is 43.4. The molecule has 0 radical (unpaired) electrons. The number of hydrogen-bond acceptors (Lipinski definition) is 7. The van der Waals surface area contributed by atoms with Crippen molar-refractivity contribution in [2.24, 2.45) is 0 Å². The van der Waals surface area contributed by atoms with Gasteiger partial charge in [0.25, 0.3) is 0 Å². The van der Waals surface area contributed by atoms with Gasteiger partial charge in [0.15, 0.2) is 14.1 Å². The Bertz CT molecular complexity index is 1920. The van der Waals surface area contributed by atoms with E-state index in [9.17, 15) is 24.3 Å². The molecule has 3 N–H and O–H groups in total. The number of aromatic hydroxyl groups is 1. The van der Waals surface area contributed by atoms with E-state index in [1.54, 1.807) is 54.6 Å². The van der Waals surface area contributed by atoms with Crippen LogP contribution in [0.1, 0.15) is 112 Å². The molecule has 9 nitrogen and oxygen atoms in total. The van der Waals surface area contributed by atoms with Crippen molar-refractivity contribution in [1.29, 1.82) is 0 Å². The number of phenols is 1. The van der Waals surface area contributed by atoms with Crippen molar-refractivity contribution in [3.63, 3.8) is 0 Å². The highest BCUT2D eigenvalue weighted by Gasteiger charge is 2.45. The quantitative estimate of drug-likeness (QED) is 0.0217. The fourth-order valence-electron chi connectivity index (χ4n) is 7.41. The molecule has 0 bridgehead atoms. The van der Waals surface area contributed by atoms with Crippen LogP contribution < -0.4 is 10.6 Å². The third-order valence-electron chi connectivity index (χ3n) is 10.4. The second-order valence-electron chi connectivity index (χ2n) is 15.9. The number of ether oxygens (including phenoxy) is 1. The number of carbonyl (C=O) groups is 4. The maximum absolute atomic E-state index is 13.6. The number of ketones is 1. The molecular weight excluding hydrogens is 757 g/mol. The Hall–Kier alpha value is -5.32. The number of carbonyl (C=O) groups excluding carboxylic acids is 4. The van der Waals surface area contributed by atoms with E-state index in [4.69, 9.17) is 9.16 Å². The Morgan fingerprint density at radius 1 is 0.797 bits per heavy atom. The molecule has 3 aromatic carbocycles. The third-order valence-corrected chi connectivity index (χ3v) is 16.5. The minimum atomic E-state index is -2.15. The van der Waals surface area contributed by atoms with E-state index >= 15 is 0 Å². The molecule has 10 heteroatoms. The van der Waals surface area contributed by atoms with Gasteiger partial charge in [-0.15, -0.1) is 0 Å². The summed E-state index contributed by atoms with van der Waals surface area (Å²) in [4.78, 5) is 51.1. The lowest BCUT2D eigenvalue weighted by Gasteiger charge is -2.42. The Balaban J connectivity index is 1.51. The zero-order valence-electron chi connectivity index (χ0n) is 36.1. The van der Waals surface area contributed by atoms with Gasteiger partial charge in [-0.25, -0.2) is 4.79 Å². The van der Waals surface area contributed by atoms with Crippen LogP contribution in [0.25, 0.3) is 0 Å². The molecule has 0 aliphatic rings. The molecule has 1 atom stereocenters. The van der Waals surface area contributed by atoms with Crippen LogP contribution in [-0.4, -0.2) is 56.2 Å². The maximum Gasteiger partial charge on any atom is 0.342 e. The van der Waals surface area contributed by atoms with Crippen LogP contribution in [0.15, 0.2) is 121 Å². The van der Waals surface area contributed by atoms with Crippen LogP contribution >= 0.6 is 0 Å². The summed E-state index contributed by atoms with van der Waals surface area (Å²) in [7, 11) is -2.15. The monoisotopic (exact) mass is 820 g/mol. The van der Waals surface area contributed by atoms with Crippen molar-refractivity contribution in [3.8, 4) is 5.75 Å². The molecule has 0 fully saturated rings. The van der Waals surface area contributed by atoms with Gasteiger partial charge in [-0.1, -0.05) is 144 Å². The van der Waals surface area contributed by atoms with E-state index in [0.717, 1.165) is 11.1 Å². The molecule has 0 saturated carbocycles. The zero-order valence-corrected chi connectivity index (χ0v) is 37.1. The smallest absolute Gasteiger partial charge is 0.342 e. The van der Waals surface area contributed by atoms with Crippen LogP contribution in [-0.2, 0) is 31.6 Å². The van der Waals surface area contributed by atoms with Gasteiger partial charge in [-0.05, 0) is 60.5 Å². The van der Waals surface area contributed by atoms with Crippen molar-refractivity contribution in [2.75, 3.05) is 13.2 Å². The van der Waals surface area contributed by atoms with Crippen molar-refractivity contribution in [2.45, 2.75) is 110 Å². The molecule has 316 valence electrons. The number of amides is 2. The van der Waals surface area contributed by atoms with E-state index in [-0.39, 0.29) is 28.9 Å². The summed E-state index contributed by atoms with van der Waals surface area (Å²) in [6, 6.07) is 21.5. The summed E-state index contributed by atoms with van der Waals surface area (Å²) in [6.07, 6.45) is 13.2. The molecule has 0 aliphatic carbocycles. The van der Waals surface area contributed by atoms with Gasteiger partial charge in [0.2, 0.25) is 11.8 Å². The van der Waals surface area contributed by atoms with Crippen molar-refractivity contribution in [3.05, 3.63) is 149 Å². The fraction of sp³-hybridized carbons (Fsp3) is 0.388. The number of allylic oxidation sites excluding steroid dienone is 4. The first-order chi connectivity index (χ1) is 28.1. The lowest BCUT2D eigenvalue weighted by molar-refractivity contribution is -0.121. The Kier molecular flexibility index (Phi) is 20.0. The summed E-state index contributed by atoms with van der Waals surface area (Å²) >= 11 is 0. The van der Waals surface area contributed by atoms with E-state index in [1.165, 1.54) is 18.3 Å². The van der Waals surface area contributed by atoms with Gasteiger partial charge in [0, 0.05) is 55.8 Å². The predicted molar refractivity (Wildman–Crippen MR) is 240 cm³/mol. The van der Waals surface area contributed by atoms with Crippen LogP contribution in [0.2, 0.25) is 16.6 Å². The SMILES string of the molecule is CC(C)=CCc1cccc(O)c1C(=O)O[C@@H](C/C=C/NC(=O)/C=C/C=C/CNC(=O)CCc1ccc(C(=O)c2ccccc2)cc1)CCO[Si](C(C)C)(C(C)C)C(C)C. The summed E-state index contributed by atoms with van der Waals surface area (Å²) in [6.45, 7) is 18.1. The fourth-order valence-corrected chi connectivity index (χ4v) is 12.9. The molecule has 59 heavy (non-hydrogen) atoms. The maximum atomic E-state index is 13.6. The largest absolute Gasteiger partial charge is 0.507 e. The van der Waals surface area contributed by atoms with Crippen LogP contribution in [0.4, 0.5) is 0 Å². The number of benzene rings is 3. The number of esters is 1. The molecule has 0 aliphatic heterocycles. The molecule has 0 unspecified atom stereocenters. The summed E-state index contributed by atoms with van der Waals surface area (Å²) in [5.74, 6) is -1.21. The van der Waals surface area contributed by atoms with Crippen molar-refractivity contribution < 1.29 is 33.4 Å². The van der Waals surface area contributed by atoms with Gasteiger partial charge < -0.3 is 24.9 Å². The summed E-state index contributed by atoms with van der Waals surface area (Å²) in [5.41, 5.74) is 5.35. The lowest BCUT2D eigenvalue weighted by atomic mass is 10.0. The highest BCUT2D eigenvalue weighted by atomic mass is 28.4. The Morgan fingerprint density at radius 3 is 2.10 bits per heavy atom. The molecule has 0 spiro atoms. The first kappa shape index (κ1) is 48.0. The minimum absolute atomic E-state index is 0.0379. The van der Waals surface area contributed by atoms with Gasteiger partial charge in [-0.2, -0.15) is 0 Å². The second kappa shape index (κ2) is 24.6. The number of nitrogens with one attached hydrogen (secondary N) is 2. The van der Waals surface area contributed by atoms with Crippen molar-refractivity contribution >= 4 is 31.9 Å². The Labute approximate surface area is 352 Å². The number of hydrogen-bond donors (Lipinski definition) is 3. The lowest BCUT2D eigenvalue weighted by Crippen LogP contribution is -2.48. The van der Waals surface area contributed by atoms with Gasteiger partial charge in [0.1, 0.15) is 17.4 Å². The number of aryl methyl sites for hydroxylation is 1. The number of rotatable bonds is 23. The Morgan fingerprint density at radius 2 is 1.46 bits per heavy atom. The van der Waals surface area contributed by atoms with Gasteiger partial charge >= 0.3 is 5.97 Å². The standard InChI is InChI=1S/C49H64N2O7Si/c1-35(2)23-27-40-19-15-21-44(52)47(40)49(56)58-43(31-34-57-59(36(3)4,37(5)6)38(7)8)20-16-33-51-45(53)22-13-10-14-32-50-46(54)30-26-39-24-28-42(29-25-39)48(55)41-17-11-9-12-18-41/h9-19,21-25,28-29,33,36-38,43,52H,20,26-27,30-32,34H2,1-8H3,(H,50,54)(H,51,53)/b14-10+,22-13+,33-16+/t43-/m0/s1. The van der Waals surface area contributed by atoms with E-state index in [0.29, 0.717) is 78.6 Å². The van der Waals surface area contributed by atoms with E-state index < -0.39 is 20.4 Å². The van der Waals surface area contributed by atoms with Crippen LogP contribution in [0.3, 0.4) is 0 Å². The van der Waals surface area contributed by atoms with Gasteiger partial charge in [-0.3, -0.25) is 14.4 Å². The molecule has 3 rings (SSSR count). The van der Waals surface area contributed by atoms with E-state index in [2.05, 4.69) is 52.2 Å². The molecule has 0 aromatic heterocycles. The first-order valence-electron chi connectivity index (χ1n) is 20.7. The summed E-state index contributed by atoms with van der Waals surface area (Å²) in [5, 5.41) is 16.2. The normalized spacial score (nSPS) is 12.5. The average Bonchev–Trinajstić information content (AvgIpc) is 3.20. The molecule has 3 aromatic rings. The van der Waals surface area contributed by atoms with E-state index in [1.807, 2.05) is 56.3 Å². The van der Waals surface area contributed by atoms with Crippen LogP contribution in [0, 0.1) is 0 Å². The van der Waals surface area contributed by atoms with Gasteiger partial charge in [0.05, 0.1) is 0 Å². The first-order valence-corrected chi connectivity index (χ1v) is 22.8.